The molecular weight excluding hydrogens is 357 g/mol. The molecule has 1 saturated heterocycles. The van der Waals surface area contributed by atoms with Gasteiger partial charge in [-0.15, -0.1) is 0 Å². The minimum atomic E-state index is -2.05. The van der Waals surface area contributed by atoms with Crippen molar-refractivity contribution in [3.8, 4) is 0 Å². The van der Waals surface area contributed by atoms with Crippen LogP contribution in [-0.4, -0.2) is 15.4 Å². The SMILES string of the molecule is O=C1N(Cc2ccccc2)[C@H](c2ccc(Cl)cc2)[C@]1(F)Br. The zero-order chi connectivity index (χ0) is 15.0. The van der Waals surface area contributed by atoms with Gasteiger partial charge in [0.25, 0.3) is 10.5 Å². The van der Waals surface area contributed by atoms with Gasteiger partial charge in [0.1, 0.15) is 6.04 Å². The number of carbonyl (C=O) groups is 1. The third kappa shape index (κ3) is 2.58. The van der Waals surface area contributed by atoms with Crippen LogP contribution >= 0.6 is 27.5 Å². The van der Waals surface area contributed by atoms with Crippen LogP contribution in [0, 0.1) is 0 Å². The molecule has 108 valence electrons. The Hall–Kier alpha value is -1.39. The Balaban J connectivity index is 1.89. The fourth-order valence-electron chi connectivity index (χ4n) is 2.53. The zero-order valence-electron chi connectivity index (χ0n) is 11.0. The van der Waals surface area contributed by atoms with Crippen LogP contribution in [-0.2, 0) is 11.3 Å². The van der Waals surface area contributed by atoms with E-state index in [-0.39, 0.29) is 0 Å². The molecule has 0 aromatic heterocycles. The van der Waals surface area contributed by atoms with E-state index in [1.54, 1.807) is 24.3 Å². The molecule has 0 N–H and O–H groups in total. The number of benzene rings is 2. The number of rotatable bonds is 3. The maximum absolute atomic E-state index is 14.5. The molecule has 3 rings (SSSR count). The maximum Gasteiger partial charge on any atom is 0.274 e. The Morgan fingerprint density at radius 1 is 1.14 bits per heavy atom. The van der Waals surface area contributed by atoms with Crippen LogP contribution < -0.4 is 0 Å². The molecule has 1 amide bonds. The van der Waals surface area contributed by atoms with Crippen LogP contribution in [0.25, 0.3) is 0 Å². The number of nitrogens with zero attached hydrogens (tertiary/aromatic N) is 1. The fourth-order valence-corrected chi connectivity index (χ4v) is 3.40. The highest BCUT2D eigenvalue weighted by Gasteiger charge is 2.61. The van der Waals surface area contributed by atoms with Crippen molar-refractivity contribution < 1.29 is 9.18 Å². The highest BCUT2D eigenvalue weighted by atomic mass is 79.9. The molecule has 1 aliphatic rings. The van der Waals surface area contributed by atoms with E-state index in [4.69, 9.17) is 11.6 Å². The molecule has 2 nitrogen and oxygen atoms in total. The summed E-state index contributed by atoms with van der Waals surface area (Å²) in [5.74, 6) is -0.550. The molecule has 0 spiro atoms. The van der Waals surface area contributed by atoms with Crippen molar-refractivity contribution >= 4 is 33.4 Å². The van der Waals surface area contributed by atoms with E-state index in [0.717, 1.165) is 5.56 Å². The van der Waals surface area contributed by atoms with E-state index < -0.39 is 16.5 Å². The van der Waals surface area contributed by atoms with Crippen molar-refractivity contribution in [3.63, 3.8) is 0 Å². The van der Waals surface area contributed by atoms with Gasteiger partial charge in [0.05, 0.1) is 0 Å². The first-order chi connectivity index (χ1) is 10.00. The molecule has 2 atom stereocenters. The molecule has 21 heavy (non-hydrogen) atoms. The van der Waals surface area contributed by atoms with Gasteiger partial charge >= 0.3 is 0 Å². The largest absolute Gasteiger partial charge is 0.323 e. The number of hydrogen-bond donors (Lipinski definition) is 0. The van der Waals surface area contributed by atoms with E-state index in [0.29, 0.717) is 17.1 Å². The first kappa shape index (κ1) is 14.5. The lowest BCUT2D eigenvalue weighted by Gasteiger charge is -2.48. The molecule has 0 saturated carbocycles. The van der Waals surface area contributed by atoms with E-state index in [1.165, 1.54) is 4.90 Å². The fraction of sp³-hybridized carbons (Fsp3) is 0.188. The van der Waals surface area contributed by atoms with Gasteiger partial charge in [0, 0.05) is 11.6 Å². The first-order valence-electron chi connectivity index (χ1n) is 6.48. The summed E-state index contributed by atoms with van der Waals surface area (Å²) in [6, 6.07) is 15.8. The molecule has 0 aliphatic carbocycles. The van der Waals surface area contributed by atoms with Gasteiger partial charge in [-0.1, -0.05) is 54.1 Å². The van der Waals surface area contributed by atoms with Gasteiger partial charge in [-0.05, 0) is 39.2 Å². The van der Waals surface area contributed by atoms with E-state index in [1.807, 2.05) is 30.3 Å². The molecule has 0 unspecified atom stereocenters. The third-order valence-electron chi connectivity index (χ3n) is 3.58. The Bertz CT molecular complexity index is 660. The molecule has 2 aromatic rings. The number of β-lactam (4-membered cyclic amide) rings is 1. The molecule has 1 aliphatic heterocycles. The van der Waals surface area contributed by atoms with Crippen LogP contribution in [0.2, 0.25) is 5.02 Å². The Labute approximate surface area is 135 Å². The highest BCUT2D eigenvalue weighted by Crippen LogP contribution is 2.51. The predicted molar refractivity (Wildman–Crippen MR) is 84.0 cm³/mol. The second-order valence-electron chi connectivity index (χ2n) is 5.00. The monoisotopic (exact) mass is 367 g/mol. The minimum Gasteiger partial charge on any atom is -0.323 e. The summed E-state index contributed by atoms with van der Waals surface area (Å²) in [5, 5.41) is 0.582. The molecule has 5 heteroatoms. The molecular formula is C16H12BrClFNO. The Kier molecular flexibility index (Phi) is 3.76. The smallest absolute Gasteiger partial charge is 0.274 e. The summed E-state index contributed by atoms with van der Waals surface area (Å²) >= 11 is 8.77. The van der Waals surface area contributed by atoms with E-state index in [9.17, 15) is 9.18 Å². The predicted octanol–water partition coefficient (Wildman–Crippen LogP) is 4.48. The number of alkyl halides is 2. The first-order valence-corrected chi connectivity index (χ1v) is 7.65. The van der Waals surface area contributed by atoms with Crippen LogP contribution in [0.15, 0.2) is 54.6 Å². The van der Waals surface area contributed by atoms with Gasteiger partial charge in [-0.25, -0.2) is 4.39 Å². The van der Waals surface area contributed by atoms with Crippen LogP contribution in [0.4, 0.5) is 4.39 Å². The topological polar surface area (TPSA) is 20.3 Å². The number of halogens is 3. The number of likely N-dealkylation sites (tertiary alicyclic amines) is 1. The standard InChI is InChI=1S/C16H12BrClFNO/c17-16(19)14(12-6-8-13(18)9-7-12)20(15(16)21)10-11-4-2-1-3-5-11/h1-9,14H,10H2/t14-,16-/m1/s1. The normalized spacial score (nSPS) is 24.8. The van der Waals surface area contributed by atoms with Gasteiger partial charge in [-0.3, -0.25) is 4.79 Å². The van der Waals surface area contributed by atoms with Crippen molar-refractivity contribution in [2.75, 3.05) is 0 Å². The van der Waals surface area contributed by atoms with Crippen molar-refractivity contribution in [3.05, 3.63) is 70.7 Å². The van der Waals surface area contributed by atoms with Crippen molar-refractivity contribution in [2.45, 2.75) is 17.2 Å². The molecule has 1 fully saturated rings. The van der Waals surface area contributed by atoms with E-state index >= 15 is 0 Å². The van der Waals surface area contributed by atoms with Gasteiger partial charge in [-0.2, -0.15) is 0 Å². The summed E-state index contributed by atoms with van der Waals surface area (Å²) < 4.78 is 12.4. The quantitative estimate of drug-likeness (QED) is 0.577. The molecule has 2 aromatic carbocycles. The summed E-state index contributed by atoms with van der Waals surface area (Å²) in [5.41, 5.74) is 1.68. The Morgan fingerprint density at radius 3 is 2.38 bits per heavy atom. The summed E-state index contributed by atoms with van der Waals surface area (Å²) in [6.07, 6.45) is 0. The number of amides is 1. The summed E-state index contributed by atoms with van der Waals surface area (Å²) in [4.78, 5) is 13.5. The lowest BCUT2D eigenvalue weighted by molar-refractivity contribution is -0.164. The number of carbonyl (C=O) groups excluding carboxylic acids is 1. The summed E-state index contributed by atoms with van der Waals surface area (Å²) in [6.45, 7) is 0.379. The van der Waals surface area contributed by atoms with Gasteiger partial charge in [0.15, 0.2) is 0 Å². The highest BCUT2D eigenvalue weighted by molar-refractivity contribution is 9.10. The molecule has 0 radical (unpaired) electrons. The maximum atomic E-state index is 14.5. The van der Waals surface area contributed by atoms with Crippen molar-refractivity contribution in [1.82, 2.24) is 4.90 Å². The van der Waals surface area contributed by atoms with Crippen LogP contribution in [0.5, 0.6) is 0 Å². The molecule has 0 bridgehead atoms. The third-order valence-corrected chi connectivity index (χ3v) is 4.61. The lowest BCUT2D eigenvalue weighted by Crippen LogP contribution is -2.62. The van der Waals surface area contributed by atoms with Crippen LogP contribution in [0.1, 0.15) is 17.2 Å². The second-order valence-corrected chi connectivity index (χ2v) is 6.59. The van der Waals surface area contributed by atoms with Crippen molar-refractivity contribution in [2.24, 2.45) is 0 Å². The average Bonchev–Trinajstić information content (AvgIpc) is 2.49. The Morgan fingerprint density at radius 2 is 1.76 bits per heavy atom. The van der Waals surface area contributed by atoms with Crippen molar-refractivity contribution in [1.29, 1.82) is 0 Å². The minimum absolute atomic E-state index is 0.379. The molecule has 1 heterocycles. The van der Waals surface area contributed by atoms with Crippen LogP contribution in [0.3, 0.4) is 0 Å². The average molecular weight is 369 g/mol. The van der Waals surface area contributed by atoms with E-state index in [2.05, 4.69) is 15.9 Å². The number of hydrogen-bond acceptors (Lipinski definition) is 1. The lowest BCUT2D eigenvalue weighted by atomic mass is 9.91. The second kappa shape index (κ2) is 5.43. The summed E-state index contributed by atoms with van der Waals surface area (Å²) in [7, 11) is 0. The van der Waals surface area contributed by atoms with Gasteiger partial charge < -0.3 is 4.90 Å². The van der Waals surface area contributed by atoms with Gasteiger partial charge in [0.2, 0.25) is 0 Å². The zero-order valence-corrected chi connectivity index (χ0v) is 13.3.